The Morgan fingerprint density at radius 2 is 1.64 bits per heavy atom. The van der Waals surface area contributed by atoms with Crippen molar-refractivity contribution in [2.24, 2.45) is 0 Å². The number of aromatic nitrogens is 1. The van der Waals surface area contributed by atoms with Gasteiger partial charge in [0.1, 0.15) is 23.4 Å². The number of amides is 1. The molecule has 0 spiro atoms. The predicted molar refractivity (Wildman–Crippen MR) is 151 cm³/mol. The molecule has 0 saturated heterocycles. The molecule has 0 bridgehead atoms. The van der Waals surface area contributed by atoms with E-state index in [4.69, 9.17) is 9.47 Å². The largest absolute Gasteiger partial charge is 0.481 e. The lowest BCUT2D eigenvalue weighted by Gasteiger charge is -2.19. The highest BCUT2D eigenvalue weighted by Gasteiger charge is 2.20. The lowest BCUT2D eigenvalue weighted by molar-refractivity contribution is -0.140. The maximum Gasteiger partial charge on any atom is 0.307 e. The predicted octanol–water partition coefficient (Wildman–Crippen LogP) is 6.63. The summed E-state index contributed by atoms with van der Waals surface area (Å²) in [4.78, 5) is 29.1. The second-order valence-electron chi connectivity index (χ2n) is 10.4. The molecule has 0 saturated carbocycles. The fraction of sp³-hybridized carbons (Fsp3) is 0.281. The van der Waals surface area contributed by atoms with Gasteiger partial charge in [-0.1, -0.05) is 76.2 Å². The van der Waals surface area contributed by atoms with Gasteiger partial charge in [-0.25, -0.2) is 4.98 Å². The summed E-state index contributed by atoms with van der Waals surface area (Å²) in [5, 5.41) is 13.7. The van der Waals surface area contributed by atoms with Gasteiger partial charge in [0.25, 0.3) is 5.91 Å². The van der Waals surface area contributed by atoms with Gasteiger partial charge >= 0.3 is 5.97 Å². The highest BCUT2D eigenvalue weighted by Crippen LogP contribution is 2.30. The minimum Gasteiger partial charge on any atom is -0.481 e. The van der Waals surface area contributed by atoms with Gasteiger partial charge < -0.3 is 19.9 Å². The van der Waals surface area contributed by atoms with E-state index in [2.05, 4.69) is 43.2 Å². The van der Waals surface area contributed by atoms with E-state index in [1.165, 1.54) is 5.56 Å². The van der Waals surface area contributed by atoms with Crippen molar-refractivity contribution >= 4 is 22.6 Å². The Labute approximate surface area is 228 Å². The number of rotatable bonds is 10. The molecule has 2 N–H and O–H groups in total. The molecule has 1 unspecified atom stereocenters. The number of pyridine rings is 1. The molecular weight excluding hydrogens is 492 g/mol. The normalized spacial score (nSPS) is 12.2. The highest BCUT2D eigenvalue weighted by molar-refractivity contribution is 5.97. The Kier molecular flexibility index (Phi) is 8.62. The van der Waals surface area contributed by atoms with Crippen molar-refractivity contribution in [1.82, 2.24) is 10.3 Å². The molecule has 202 valence electrons. The van der Waals surface area contributed by atoms with E-state index in [1.54, 1.807) is 6.07 Å². The van der Waals surface area contributed by atoms with E-state index in [0.29, 0.717) is 12.2 Å². The van der Waals surface area contributed by atoms with Crippen LogP contribution < -0.4 is 10.1 Å². The Morgan fingerprint density at radius 3 is 2.28 bits per heavy atom. The number of aryl methyl sites for hydroxylation is 1. The first-order chi connectivity index (χ1) is 18.6. The van der Waals surface area contributed by atoms with E-state index < -0.39 is 18.1 Å². The van der Waals surface area contributed by atoms with Crippen molar-refractivity contribution in [3.05, 3.63) is 101 Å². The number of aliphatic carboxylic acids is 1. The van der Waals surface area contributed by atoms with Gasteiger partial charge in [-0.15, -0.1) is 0 Å². The SMILES string of the molecule is CCc1nc(C(=O)NC(CC(=O)O)OCc2ccccc2)cc2ccc(Oc3ccc(C(C)(C)C)cc3)cc12. The monoisotopic (exact) mass is 526 g/mol. The molecule has 39 heavy (non-hydrogen) atoms. The summed E-state index contributed by atoms with van der Waals surface area (Å²) < 4.78 is 11.8. The van der Waals surface area contributed by atoms with Gasteiger partial charge in [-0.05, 0) is 58.7 Å². The standard InChI is InChI=1S/C32H34N2O5/c1-5-27-26-18-25(39-24-15-12-23(13-16-24)32(2,3)4)14-11-22(26)17-28(33-27)31(37)34-29(19-30(35)36)38-20-21-9-7-6-8-10-21/h6-18,29H,5,19-20H2,1-4H3,(H,34,37)(H,35,36). The molecule has 1 aromatic heterocycles. The van der Waals surface area contributed by atoms with Crippen molar-refractivity contribution in [2.45, 2.75) is 58.8 Å². The summed E-state index contributed by atoms with van der Waals surface area (Å²) >= 11 is 0. The first-order valence-corrected chi connectivity index (χ1v) is 13.0. The molecule has 7 heteroatoms. The molecule has 0 aliphatic rings. The van der Waals surface area contributed by atoms with E-state index >= 15 is 0 Å². The van der Waals surface area contributed by atoms with Crippen molar-refractivity contribution < 1.29 is 24.2 Å². The van der Waals surface area contributed by atoms with Crippen molar-refractivity contribution in [3.63, 3.8) is 0 Å². The number of nitrogens with zero attached hydrogens (tertiary/aromatic N) is 1. The minimum atomic E-state index is -1.07. The number of nitrogens with one attached hydrogen (secondary N) is 1. The molecule has 1 atom stereocenters. The van der Waals surface area contributed by atoms with Crippen LogP contribution in [0.5, 0.6) is 11.5 Å². The number of carboxylic acids is 1. The molecule has 1 amide bonds. The number of carbonyl (C=O) groups is 2. The maximum absolute atomic E-state index is 13.1. The molecule has 4 rings (SSSR count). The summed E-state index contributed by atoms with van der Waals surface area (Å²) in [5.41, 5.74) is 3.11. The van der Waals surface area contributed by atoms with Gasteiger partial charge in [0.2, 0.25) is 0 Å². The first-order valence-electron chi connectivity index (χ1n) is 13.0. The van der Waals surface area contributed by atoms with Gasteiger partial charge in [0.15, 0.2) is 0 Å². The maximum atomic E-state index is 13.1. The Morgan fingerprint density at radius 1 is 0.949 bits per heavy atom. The minimum absolute atomic E-state index is 0.0643. The molecule has 0 aliphatic heterocycles. The van der Waals surface area contributed by atoms with Gasteiger partial charge in [-0.2, -0.15) is 0 Å². The lowest BCUT2D eigenvalue weighted by atomic mass is 9.87. The number of hydrogen-bond acceptors (Lipinski definition) is 5. The zero-order chi connectivity index (χ0) is 28.0. The van der Waals surface area contributed by atoms with E-state index in [9.17, 15) is 14.7 Å². The number of hydrogen-bond donors (Lipinski definition) is 2. The van der Waals surface area contributed by atoms with E-state index in [1.807, 2.05) is 67.6 Å². The summed E-state index contributed by atoms with van der Waals surface area (Å²) in [7, 11) is 0. The second-order valence-corrected chi connectivity index (χ2v) is 10.4. The Balaban J connectivity index is 1.52. The fourth-order valence-electron chi connectivity index (χ4n) is 4.21. The molecule has 3 aromatic carbocycles. The Hall–Kier alpha value is -4.23. The highest BCUT2D eigenvalue weighted by atomic mass is 16.5. The number of fused-ring (bicyclic) bond motifs is 1. The van der Waals surface area contributed by atoms with Gasteiger partial charge in [-0.3, -0.25) is 9.59 Å². The van der Waals surface area contributed by atoms with Crippen molar-refractivity contribution in [2.75, 3.05) is 0 Å². The van der Waals surface area contributed by atoms with Crippen LogP contribution in [0.25, 0.3) is 10.8 Å². The topological polar surface area (TPSA) is 97.8 Å². The van der Waals surface area contributed by atoms with Crippen LogP contribution in [-0.2, 0) is 28.0 Å². The zero-order valence-electron chi connectivity index (χ0n) is 22.7. The molecule has 0 radical (unpaired) electrons. The lowest BCUT2D eigenvalue weighted by Crippen LogP contribution is -2.39. The number of carbonyl (C=O) groups excluding carboxylic acids is 1. The molecule has 4 aromatic rings. The van der Waals surface area contributed by atoms with Crippen molar-refractivity contribution in [1.29, 1.82) is 0 Å². The third-order valence-corrected chi connectivity index (χ3v) is 6.35. The molecule has 1 heterocycles. The van der Waals surface area contributed by atoms with Crippen LogP contribution >= 0.6 is 0 Å². The van der Waals surface area contributed by atoms with Crippen LogP contribution in [0.3, 0.4) is 0 Å². The summed E-state index contributed by atoms with van der Waals surface area (Å²) in [6.45, 7) is 8.66. The summed E-state index contributed by atoms with van der Waals surface area (Å²) in [6, 6.07) is 24.8. The van der Waals surface area contributed by atoms with Crippen LogP contribution in [0, 0.1) is 0 Å². The number of ether oxygens (including phenoxy) is 2. The molecule has 0 fully saturated rings. The second kappa shape index (κ2) is 12.1. The first kappa shape index (κ1) is 27.8. The smallest absolute Gasteiger partial charge is 0.307 e. The van der Waals surface area contributed by atoms with Crippen LogP contribution in [-0.4, -0.2) is 28.2 Å². The van der Waals surface area contributed by atoms with Crippen molar-refractivity contribution in [3.8, 4) is 11.5 Å². The van der Waals surface area contributed by atoms with Crippen LogP contribution in [0.1, 0.15) is 61.4 Å². The van der Waals surface area contributed by atoms with Gasteiger partial charge in [0, 0.05) is 11.1 Å². The third kappa shape index (κ3) is 7.42. The quantitative estimate of drug-likeness (QED) is 0.225. The van der Waals surface area contributed by atoms with Crippen LogP contribution in [0.4, 0.5) is 0 Å². The fourth-order valence-corrected chi connectivity index (χ4v) is 4.21. The number of benzene rings is 3. The Bertz CT molecular complexity index is 1440. The van der Waals surface area contributed by atoms with E-state index in [-0.39, 0.29) is 24.1 Å². The zero-order valence-corrected chi connectivity index (χ0v) is 22.7. The average molecular weight is 527 g/mol. The molecule has 7 nitrogen and oxygen atoms in total. The molecular formula is C32H34N2O5. The van der Waals surface area contributed by atoms with Gasteiger partial charge in [0.05, 0.1) is 13.0 Å². The third-order valence-electron chi connectivity index (χ3n) is 6.35. The number of carboxylic acid groups (broad SMARTS) is 1. The van der Waals surface area contributed by atoms with E-state index in [0.717, 1.165) is 27.8 Å². The van der Waals surface area contributed by atoms with Crippen LogP contribution in [0.15, 0.2) is 78.9 Å². The summed E-state index contributed by atoms with van der Waals surface area (Å²) in [5.74, 6) is -0.153. The average Bonchev–Trinajstić information content (AvgIpc) is 2.91. The van der Waals surface area contributed by atoms with Crippen LogP contribution in [0.2, 0.25) is 0 Å². The summed E-state index contributed by atoms with van der Waals surface area (Å²) in [6.07, 6.45) is -0.771. The molecule has 0 aliphatic carbocycles.